The highest BCUT2D eigenvalue weighted by Gasteiger charge is 2.25. The number of hydrogen-bond acceptors (Lipinski definition) is 2. The summed E-state index contributed by atoms with van der Waals surface area (Å²) in [6.45, 7) is 10.8. The van der Waals surface area contributed by atoms with E-state index in [1.54, 1.807) is 0 Å². The highest BCUT2D eigenvalue weighted by atomic mass is 14.8. The monoisotopic (exact) mass is 318 g/mol. The summed E-state index contributed by atoms with van der Waals surface area (Å²) in [5.74, 6) is 0.465. The van der Waals surface area contributed by atoms with Crippen molar-refractivity contribution in [3.8, 4) is 0 Å². The molecule has 24 heavy (non-hydrogen) atoms. The first-order valence-corrected chi connectivity index (χ1v) is 8.76. The zero-order valence-corrected chi connectivity index (χ0v) is 15.4. The molecule has 1 saturated carbocycles. The Balaban J connectivity index is 2.09. The van der Waals surface area contributed by atoms with Crippen LogP contribution in [0.1, 0.15) is 42.0 Å². The van der Waals surface area contributed by atoms with Gasteiger partial charge in [0.2, 0.25) is 0 Å². The van der Waals surface area contributed by atoms with Crippen LogP contribution in [-0.2, 0) is 0 Å². The lowest BCUT2D eigenvalue weighted by Gasteiger charge is -2.10. The van der Waals surface area contributed by atoms with E-state index in [0.29, 0.717) is 5.92 Å². The molecule has 1 aliphatic rings. The van der Waals surface area contributed by atoms with E-state index in [-0.39, 0.29) is 0 Å². The summed E-state index contributed by atoms with van der Waals surface area (Å²) in [6, 6.07) is 12.7. The second-order valence-corrected chi connectivity index (χ2v) is 6.98. The minimum absolute atomic E-state index is 0.465. The van der Waals surface area contributed by atoms with Crippen molar-refractivity contribution in [2.75, 3.05) is 0 Å². The zero-order chi connectivity index (χ0) is 17.3. The van der Waals surface area contributed by atoms with Crippen molar-refractivity contribution in [2.45, 2.75) is 47.5 Å². The molecule has 0 saturated heterocycles. The van der Waals surface area contributed by atoms with Gasteiger partial charge in [0.25, 0.3) is 0 Å². The van der Waals surface area contributed by atoms with Gasteiger partial charge in [0.05, 0.1) is 22.8 Å². The summed E-state index contributed by atoms with van der Waals surface area (Å²) in [5, 5.41) is 0. The summed E-state index contributed by atoms with van der Waals surface area (Å²) >= 11 is 0. The first kappa shape index (κ1) is 16.6. The Morgan fingerprint density at radius 3 is 1.71 bits per heavy atom. The summed E-state index contributed by atoms with van der Waals surface area (Å²) < 4.78 is 0. The van der Waals surface area contributed by atoms with Crippen molar-refractivity contribution in [1.29, 1.82) is 0 Å². The van der Waals surface area contributed by atoms with Crippen LogP contribution in [0.4, 0.5) is 11.4 Å². The van der Waals surface area contributed by atoms with E-state index >= 15 is 0 Å². The molecule has 0 aromatic heterocycles. The molecule has 0 amide bonds. The van der Waals surface area contributed by atoms with E-state index in [2.05, 4.69) is 71.0 Å². The quantitative estimate of drug-likeness (QED) is 0.630. The van der Waals surface area contributed by atoms with Crippen LogP contribution in [0.15, 0.2) is 46.4 Å². The Kier molecular flexibility index (Phi) is 4.66. The van der Waals surface area contributed by atoms with Gasteiger partial charge < -0.3 is 0 Å². The summed E-state index contributed by atoms with van der Waals surface area (Å²) in [5.41, 5.74) is 9.45. The third-order valence-electron chi connectivity index (χ3n) is 4.93. The molecule has 0 heterocycles. The molecule has 0 aliphatic heterocycles. The minimum atomic E-state index is 0.465. The molecule has 0 radical (unpaired) electrons. The Morgan fingerprint density at radius 2 is 1.21 bits per heavy atom. The number of aryl methyl sites for hydroxylation is 4. The van der Waals surface area contributed by atoms with E-state index in [1.165, 1.54) is 22.3 Å². The molecule has 0 bridgehead atoms. The first-order chi connectivity index (χ1) is 11.5. The molecule has 2 nitrogen and oxygen atoms in total. The number of aliphatic imine (C=N–C) groups is 2. The maximum atomic E-state index is 5.06. The van der Waals surface area contributed by atoms with Gasteiger partial charge >= 0.3 is 0 Å². The van der Waals surface area contributed by atoms with E-state index in [1.807, 2.05) is 0 Å². The summed E-state index contributed by atoms with van der Waals surface area (Å²) in [6.07, 6.45) is 2.15. The number of rotatable bonds is 2. The van der Waals surface area contributed by atoms with Crippen LogP contribution in [0.3, 0.4) is 0 Å². The van der Waals surface area contributed by atoms with Gasteiger partial charge in [0.1, 0.15) is 0 Å². The van der Waals surface area contributed by atoms with Gasteiger partial charge in [-0.1, -0.05) is 43.3 Å². The SMILES string of the molecule is Cc1cccc(C)c1N=C1CCC(C)C1=Nc1c(C)cccc1C. The van der Waals surface area contributed by atoms with Crippen molar-refractivity contribution in [2.24, 2.45) is 15.9 Å². The Bertz CT molecular complexity index is 787. The van der Waals surface area contributed by atoms with E-state index in [0.717, 1.165) is 35.6 Å². The molecule has 0 N–H and O–H groups in total. The molecule has 1 atom stereocenters. The summed E-state index contributed by atoms with van der Waals surface area (Å²) in [4.78, 5) is 10.1. The second-order valence-electron chi connectivity index (χ2n) is 6.98. The Morgan fingerprint density at radius 1 is 0.750 bits per heavy atom. The minimum Gasteiger partial charge on any atom is -0.251 e. The number of nitrogens with zero attached hydrogens (tertiary/aromatic N) is 2. The maximum absolute atomic E-state index is 5.06. The van der Waals surface area contributed by atoms with Gasteiger partial charge in [-0.25, -0.2) is 0 Å². The van der Waals surface area contributed by atoms with Crippen LogP contribution in [0, 0.1) is 33.6 Å². The standard InChI is InChI=1S/C22H26N2/c1-14-8-6-9-15(2)20(14)23-19-13-12-18(5)22(19)24-21-16(3)10-7-11-17(21)4/h6-11,18H,12-13H2,1-5H3. The van der Waals surface area contributed by atoms with Gasteiger partial charge in [-0.05, 0) is 62.8 Å². The lowest BCUT2D eigenvalue weighted by Crippen LogP contribution is -2.12. The fourth-order valence-electron chi connectivity index (χ4n) is 3.41. The lowest BCUT2D eigenvalue weighted by atomic mass is 10.1. The van der Waals surface area contributed by atoms with Crippen LogP contribution in [0.5, 0.6) is 0 Å². The second kappa shape index (κ2) is 6.72. The Hall–Kier alpha value is -2.22. The lowest BCUT2D eigenvalue weighted by molar-refractivity contribution is 0.747. The van der Waals surface area contributed by atoms with Gasteiger partial charge in [-0.3, -0.25) is 9.98 Å². The fraction of sp³-hybridized carbons (Fsp3) is 0.364. The fourth-order valence-corrected chi connectivity index (χ4v) is 3.41. The summed E-state index contributed by atoms with van der Waals surface area (Å²) in [7, 11) is 0. The average Bonchev–Trinajstić information content (AvgIpc) is 2.87. The normalized spacial score (nSPS) is 21.0. The van der Waals surface area contributed by atoms with Crippen LogP contribution >= 0.6 is 0 Å². The maximum Gasteiger partial charge on any atom is 0.0692 e. The van der Waals surface area contributed by atoms with Crippen molar-refractivity contribution < 1.29 is 0 Å². The van der Waals surface area contributed by atoms with E-state index < -0.39 is 0 Å². The third-order valence-corrected chi connectivity index (χ3v) is 4.93. The van der Waals surface area contributed by atoms with Crippen molar-refractivity contribution in [3.63, 3.8) is 0 Å². The topological polar surface area (TPSA) is 24.7 Å². The molecule has 1 fully saturated rings. The Labute approximate surface area is 145 Å². The van der Waals surface area contributed by atoms with Crippen LogP contribution in [0.25, 0.3) is 0 Å². The number of benzene rings is 2. The molecular formula is C22H26N2. The van der Waals surface area contributed by atoms with Gasteiger partial charge in [0.15, 0.2) is 0 Å². The molecule has 1 aliphatic carbocycles. The molecule has 2 heteroatoms. The molecule has 124 valence electrons. The molecule has 2 aromatic carbocycles. The molecule has 2 aromatic rings. The molecule has 1 unspecified atom stereocenters. The van der Waals surface area contributed by atoms with Crippen LogP contribution < -0.4 is 0 Å². The van der Waals surface area contributed by atoms with Gasteiger partial charge in [-0.15, -0.1) is 0 Å². The first-order valence-electron chi connectivity index (χ1n) is 8.76. The zero-order valence-electron chi connectivity index (χ0n) is 15.4. The third kappa shape index (κ3) is 3.19. The smallest absolute Gasteiger partial charge is 0.0692 e. The predicted octanol–water partition coefficient (Wildman–Crippen LogP) is 6.20. The largest absolute Gasteiger partial charge is 0.251 e. The van der Waals surface area contributed by atoms with Crippen molar-refractivity contribution >= 4 is 22.8 Å². The molecule has 3 rings (SSSR count). The average molecular weight is 318 g/mol. The highest BCUT2D eigenvalue weighted by Crippen LogP contribution is 2.31. The number of hydrogen-bond donors (Lipinski definition) is 0. The van der Waals surface area contributed by atoms with Gasteiger partial charge in [0, 0.05) is 5.92 Å². The van der Waals surface area contributed by atoms with E-state index in [4.69, 9.17) is 9.98 Å². The van der Waals surface area contributed by atoms with Crippen molar-refractivity contribution in [3.05, 3.63) is 58.7 Å². The number of para-hydroxylation sites is 2. The molecular weight excluding hydrogens is 292 g/mol. The highest BCUT2D eigenvalue weighted by molar-refractivity contribution is 6.45. The van der Waals surface area contributed by atoms with E-state index in [9.17, 15) is 0 Å². The van der Waals surface area contributed by atoms with Gasteiger partial charge in [-0.2, -0.15) is 0 Å². The molecule has 0 spiro atoms. The van der Waals surface area contributed by atoms with Crippen LogP contribution in [-0.4, -0.2) is 11.4 Å². The van der Waals surface area contributed by atoms with Crippen molar-refractivity contribution in [1.82, 2.24) is 0 Å². The van der Waals surface area contributed by atoms with Crippen LogP contribution in [0.2, 0.25) is 0 Å². The predicted molar refractivity (Wildman–Crippen MR) is 104 cm³/mol.